The first-order valence-electron chi connectivity index (χ1n) is 6.11. The van der Waals surface area contributed by atoms with Crippen LogP contribution in [0.15, 0.2) is 47.1 Å². The molecule has 0 spiro atoms. The Hall–Kier alpha value is -1.76. The monoisotopic (exact) mass is 223 g/mol. The van der Waals surface area contributed by atoms with Crippen LogP contribution in [0.5, 0.6) is 0 Å². The summed E-state index contributed by atoms with van der Waals surface area (Å²) in [6, 6.07) is 10.7. The Morgan fingerprint density at radius 2 is 1.76 bits per heavy atom. The van der Waals surface area contributed by atoms with Crippen LogP contribution in [0.4, 0.5) is 0 Å². The predicted octanol–water partition coefficient (Wildman–Crippen LogP) is 4.68. The highest BCUT2D eigenvalue weighted by Crippen LogP contribution is 2.38. The molecule has 0 fully saturated rings. The van der Waals surface area contributed by atoms with E-state index in [4.69, 9.17) is 0 Å². The zero-order chi connectivity index (χ0) is 12.0. The Morgan fingerprint density at radius 1 is 1.00 bits per heavy atom. The fourth-order valence-corrected chi connectivity index (χ4v) is 2.61. The molecule has 2 aromatic rings. The largest absolute Gasteiger partial charge is 0.355 e. The van der Waals surface area contributed by atoms with E-state index in [0.717, 1.165) is 6.42 Å². The smallest absolute Gasteiger partial charge is 0.0458 e. The molecule has 86 valence electrons. The minimum Gasteiger partial charge on any atom is -0.355 e. The summed E-state index contributed by atoms with van der Waals surface area (Å²) in [5.41, 5.74) is 8.35. The Balaban J connectivity index is 2.12. The Bertz CT molecular complexity index is 620. The van der Waals surface area contributed by atoms with Gasteiger partial charge < -0.3 is 4.98 Å². The van der Waals surface area contributed by atoms with Gasteiger partial charge in [-0.3, -0.25) is 0 Å². The first-order chi connectivity index (χ1) is 8.16. The van der Waals surface area contributed by atoms with E-state index in [1.807, 2.05) is 0 Å². The second-order valence-electron chi connectivity index (χ2n) is 4.96. The maximum Gasteiger partial charge on any atom is 0.0458 e. The molecule has 1 heteroatoms. The van der Waals surface area contributed by atoms with E-state index in [1.54, 1.807) is 0 Å². The van der Waals surface area contributed by atoms with Crippen molar-refractivity contribution < 1.29 is 0 Å². The van der Waals surface area contributed by atoms with Crippen LogP contribution in [-0.2, 0) is 0 Å². The summed E-state index contributed by atoms with van der Waals surface area (Å²) in [6.45, 7) is 6.68. The highest BCUT2D eigenvalue weighted by Gasteiger charge is 2.18. The van der Waals surface area contributed by atoms with Crippen molar-refractivity contribution in [2.45, 2.75) is 27.2 Å². The van der Waals surface area contributed by atoms with E-state index in [-0.39, 0.29) is 0 Å². The average Bonchev–Trinajstić information content (AvgIpc) is 2.86. The lowest BCUT2D eigenvalue weighted by Gasteiger charge is -2.01. The molecule has 3 rings (SSSR count). The van der Waals surface area contributed by atoms with Crippen molar-refractivity contribution in [2.75, 3.05) is 0 Å². The topological polar surface area (TPSA) is 15.8 Å². The number of H-pyrrole nitrogens is 1. The van der Waals surface area contributed by atoms with Crippen LogP contribution >= 0.6 is 0 Å². The SMILES string of the molecule is CC1=C(C)C(C)=C(c2cc3ccccc3[nH]2)C1. The molecule has 1 heterocycles. The van der Waals surface area contributed by atoms with Gasteiger partial charge in [-0.25, -0.2) is 0 Å². The molecule has 1 aliphatic carbocycles. The van der Waals surface area contributed by atoms with Gasteiger partial charge in [0.05, 0.1) is 0 Å². The molecule has 1 aromatic heterocycles. The number of fused-ring (bicyclic) bond motifs is 1. The van der Waals surface area contributed by atoms with Gasteiger partial charge in [0.15, 0.2) is 0 Å². The van der Waals surface area contributed by atoms with Crippen LogP contribution < -0.4 is 0 Å². The summed E-state index contributed by atoms with van der Waals surface area (Å²) in [5, 5.41) is 1.30. The molecule has 1 aliphatic rings. The van der Waals surface area contributed by atoms with Crippen LogP contribution in [0, 0.1) is 0 Å². The summed E-state index contributed by atoms with van der Waals surface area (Å²) in [5.74, 6) is 0. The van der Waals surface area contributed by atoms with Crippen molar-refractivity contribution in [2.24, 2.45) is 0 Å². The van der Waals surface area contributed by atoms with E-state index in [2.05, 4.69) is 56.1 Å². The van der Waals surface area contributed by atoms with E-state index < -0.39 is 0 Å². The summed E-state index contributed by atoms with van der Waals surface area (Å²) in [7, 11) is 0. The minimum atomic E-state index is 1.09. The Labute approximate surface area is 102 Å². The minimum absolute atomic E-state index is 1.09. The van der Waals surface area contributed by atoms with Gasteiger partial charge in [0.25, 0.3) is 0 Å². The molecule has 0 bridgehead atoms. The van der Waals surface area contributed by atoms with Gasteiger partial charge in [0, 0.05) is 11.2 Å². The number of aromatic amines is 1. The lowest BCUT2D eigenvalue weighted by molar-refractivity contribution is 1.21. The number of aromatic nitrogens is 1. The highest BCUT2D eigenvalue weighted by molar-refractivity contribution is 5.87. The molecule has 0 radical (unpaired) electrons. The molecular weight excluding hydrogens is 206 g/mol. The summed E-state index contributed by atoms with van der Waals surface area (Å²) >= 11 is 0. The zero-order valence-corrected chi connectivity index (χ0v) is 10.6. The number of para-hydroxylation sites is 1. The molecule has 0 unspecified atom stereocenters. The second kappa shape index (κ2) is 3.63. The first-order valence-corrected chi connectivity index (χ1v) is 6.11. The highest BCUT2D eigenvalue weighted by atomic mass is 14.7. The lowest BCUT2D eigenvalue weighted by atomic mass is 10.1. The second-order valence-corrected chi connectivity index (χ2v) is 4.96. The standard InChI is InChI=1S/C16H17N/c1-10-8-14(12(3)11(10)2)16-9-13-6-4-5-7-15(13)17-16/h4-7,9,17H,8H2,1-3H3. The summed E-state index contributed by atoms with van der Waals surface area (Å²) < 4.78 is 0. The fourth-order valence-electron chi connectivity index (χ4n) is 2.61. The molecule has 1 aromatic carbocycles. The molecule has 0 saturated carbocycles. The van der Waals surface area contributed by atoms with Crippen molar-refractivity contribution in [1.29, 1.82) is 0 Å². The first kappa shape index (κ1) is 10.4. The molecule has 1 nitrogen and oxygen atoms in total. The van der Waals surface area contributed by atoms with Crippen molar-refractivity contribution in [3.05, 3.63) is 52.7 Å². The van der Waals surface area contributed by atoms with Crippen LogP contribution in [0.2, 0.25) is 0 Å². The van der Waals surface area contributed by atoms with Gasteiger partial charge in [-0.15, -0.1) is 0 Å². The Morgan fingerprint density at radius 3 is 2.41 bits per heavy atom. The van der Waals surface area contributed by atoms with Crippen LogP contribution in [0.3, 0.4) is 0 Å². The number of allylic oxidation sites excluding steroid dienone is 4. The number of rotatable bonds is 1. The summed E-state index contributed by atoms with van der Waals surface area (Å²) in [6.07, 6.45) is 1.09. The van der Waals surface area contributed by atoms with Crippen LogP contribution in [0.25, 0.3) is 16.5 Å². The fraction of sp³-hybridized carbons (Fsp3) is 0.250. The van der Waals surface area contributed by atoms with Crippen LogP contribution in [-0.4, -0.2) is 4.98 Å². The van der Waals surface area contributed by atoms with Gasteiger partial charge in [-0.05, 0) is 61.4 Å². The van der Waals surface area contributed by atoms with Gasteiger partial charge in [0.1, 0.15) is 0 Å². The van der Waals surface area contributed by atoms with Gasteiger partial charge in [-0.2, -0.15) is 0 Å². The third-order valence-electron chi connectivity index (χ3n) is 3.95. The van der Waals surface area contributed by atoms with Crippen molar-refractivity contribution in [3.8, 4) is 0 Å². The van der Waals surface area contributed by atoms with E-state index >= 15 is 0 Å². The number of hydrogen-bond donors (Lipinski definition) is 1. The predicted molar refractivity (Wildman–Crippen MR) is 73.9 cm³/mol. The zero-order valence-electron chi connectivity index (χ0n) is 10.6. The molecule has 17 heavy (non-hydrogen) atoms. The normalized spacial score (nSPS) is 16.4. The van der Waals surface area contributed by atoms with Crippen molar-refractivity contribution in [1.82, 2.24) is 4.98 Å². The van der Waals surface area contributed by atoms with E-state index in [1.165, 1.54) is 38.9 Å². The molecule has 0 amide bonds. The maximum absolute atomic E-state index is 3.52. The van der Waals surface area contributed by atoms with Crippen LogP contribution in [0.1, 0.15) is 32.9 Å². The quantitative estimate of drug-likeness (QED) is 0.722. The third kappa shape index (κ3) is 1.54. The van der Waals surface area contributed by atoms with E-state index in [0.29, 0.717) is 0 Å². The number of benzene rings is 1. The van der Waals surface area contributed by atoms with Gasteiger partial charge in [-0.1, -0.05) is 23.8 Å². The van der Waals surface area contributed by atoms with Gasteiger partial charge >= 0.3 is 0 Å². The Kier molecular flexibility index (Phi) is 2.22. The molecule has 0 saturated heterocycles. The summed E-state index contributed by atoms with van der Waals surface area (Å²) in [4.78, 5) is 3.52. The average molecular weight is 223 g/mol. The van der Waals surface area contributed by atoms with E-state index in [9.17, 15) is 0 Å². The third-order valence-corrected chi connectivity index (χ3v) is 3.95. The number of nitrogens with one attached hydrogen (secondary N) is 1. The molecular formula is C16H17N. The lowest BCUT2D eigenvalue weighted by Crippen LogP contribution is -1.84. The maximum atomic E-state index is 3.52. The van der Waals surface area contributed by atoms with Crippen molar-refractivity contribution >= 4 is 16.5 Å². The van der Waals surface area contributed by atoms with Gasteiger partial charge in [0.2, 0.25) is 0 Å². The molecule has 1 N–H and O–H groups in total. The number of hydrogen-bond acceptors (Lipinski definition) is 0. The van der Waals surface area contributed by atoms with Crippen molar-refractivity contribution in [3.63, 3.8) is 0 Å². The molecule has 0 atom stereocenters. The molecule has 0 aliphatic heterocycles.